The summed E-state index contributed by atoms with van der Waals surface area (Å²) in [6, 6.07) is 16.1. The fourth-order valence-electron chi connectivity index (χ4n) is 3.85. The Bertz CT molecular complexity index is 1130. The fraction of sp³-hybridized carbons (Fsp3) is 0.292. The van der Waals surface area contributed by atoms with E-state index in [2.05, 4.69) is 23.0 Å². The highest BCUT2D eigenvalue weighted by Crippen LogP contribution is 2.29. The Hall–Kier alpha value is -2.86. The summed E-state index contributed by atoms with van der Waals surface area (Å²) >= 11 is 1.29. The molecule has 0 fully saturated rings. The average Bonchev–Trinajstić information content (AvgIpc) is 2.74. The molecule has 0 radical (unpaired) electrons. The molecule has 1 amide bonds. The molecule has 1 N–H and O–H groups in total. The van der Waals surface area contributed by atoms with Crippen molar-refractivity contribution >= 4 is 23.4 Å². The van der Waals surface area contributed by atoms with Crippen LogP contribution in [0.3, 0.4) is 0 Å². The first kappa shape index (κ1) is 20.4. The van der Waals surface area contributed by atoms with Crippen LogP contribution >= 0.6 is 11.8 Å². The van der Waals surface area contributed by atoms with E-state index in [1.807, 2.05) is 54.3 Å². The Morgan fingerprint density at radius 1 is 1.17 bits per heavy atom. The molecule has 0 bridgehead atoms. The van der Waals surface area contributed by atoms with Crippen LogP contribution in [0.15, 0.2) is 58.5 Å². The molecular formula is C24H25N3O2S. The molecule has 4 rings (SSSR count). The Morgan fingerprint density at radius 2 is 1.97 bits per heavy atom. The lowest BCUT2D eigenvalue weighted by Gasteiger charge is -2.29. The number of thioether (sulfide) groups is 1. The fourth-order valence-corrected chi connectivity index (χ4v) is 4.64. The molecule has 0 spiro atoms. The van der Waals surface area contributed by atoms with Crippen molar-refractivity contribution in [1.29, 1.82) is 0 Å². The van der Waals surface area contributed by atoms with E-state index in [1.54, 1.807) is 0 Å². The van der Waals surface area contributed by atoms with E-state index in [9.17, 15) is 9.59 Å². The molecule has 3 aromatic rings. The van der Waals surface area contributed by atoms with Crippen LogP contribution in [-0.4, -0.2) is 28.2 Å². The number of fused-ring (bicyclic) bond motifs is 1. The van der Waals surface area contributed by atoms with E-state index >= 15 is 0 Å². The Kier molecular flexibility index (Phi) is 6.04. The van der Waals surface area contributed by atoms with Gasteiger partial charge in [-0.1, -0.05) is 59.8 Å². The molecule has 0 saturated heterocycles. The molecular weight excluding hydrogens is 394 g/mol. The van der Waals surface area contributed by atoms with E-state index in [0.29, 0.717) is 22.8 Å². The first-order valence-electron chi connectivity index (χ1n) is 10.2. The lowest BCUT2D eigenvalue weighted by Crippen LogP contribution is -2.36. The summed E-state index contributed by atoms with van der Waals surface area (Å²) in [5.41, 5.74) is 5.75. The number of rotatable bonds is 5. The van der Waals surface area contributed by atoms with Gasteiger partial charge in [-0.3, -0.25) is 9.59 Å². The summed E-state index contributed by atoms with van der Waals surface area (Å²) in [4.78, 5) is 34.7. The number of carbonyl (C=O) groups excluding carboxylic acids is 1. The lowest BCUT2D eigenvalue weighted by atomic mass is 10.00. The van der Waals surface area contributed by atoms with E-state index < -0.39 is 0 Å². The number of carbonyl (C=O) groups is 1. The van der Waals surface area contributed by atoms with Crippen molar-refractivity contribution in [2.75, 3.05) is 17.2 Å². The van der Waals surface area contributed by atoms with Crippen molar-refractivity contribution in [3.63, 3.8) is 0 Å². The number of H-pyrrole nitrogens is 1. The second-order valence-electron chi connectivity index (χ2n) is 7.67. The topological polar surface area (TPSA) is 66.1 Å². The van der Waals surface area contributed by atoms with Crippen molar-refractivity contribution in [2.24, 2.45) is 0 Å². The van der Waals surface area contributed by atoms with E-state index in [0.717, 1.165) is 30.6 Å². The molecule has 0 aliphatic carbocycles. The highest BCUT2D eigenvalue weighted by Gasteiger charge is 2.23. The number of aromatic amines is 1. The van der Waals surface area contributed by atoms with Gasteiger partial charge in [0.25, 0.3) is 5.56 Å². The summed E-state index contributed by atoms with van der Waals surface area (Å²) in [5, 5.41) is 0.490. The normalized spacial score (nSPS) is 13.2. The molecule has 30 heavy (non-hydrogen) atoms. The smallest absolute Gasteiger partial charge is 0.255 e. The molecule has 0 atom stereocenters. The number of anilines is 1. The van der Waals surface area contributed by atoms with E-state index in [-0.39, 0.29) is 17.2 Å². The molecule has 1 aliphatic rings. The van der Waals surface area contributed by atoms with Crippen LogP contribution in [0.1, 0.15) is 34.4 Å². The number of hydrogen-bond acceptors (Lipinski definition) is 4. The third-order valence-corrected chi connectivity index (χ3v) is 6.27. The number of benzene rings is 2. The molecule has 1 aliphatic heterocycles. The molecule has 0 unspecified atom stereocenters. The van der Waals surface area contributed by atoms with Crippen LogP contribution in [0.4, 0.5) is 5.69 Å². The van der Waals surface area contributed by atoms with Crippen LogP contribution in [0.25, 0.3) is 0 Å². The molecule has 2 heterocycles. The summed E-state index contributed by atoms with van der Waals surface area (Å²) in [7, 11) is 0. The maximum atomic E-state index is 12.9. The first-order chi connectivity index (χ1) is 14.5. The highest BCUT2D eigenvalue weighted by atomic mass is 32.2. The van der Waals surface area contributed by atoms with Gasteiger partial charge in [0.05, 0.1) is 5.75 Å². The van der Waals surface area contributed by atoms with Crippen molar-refractivity contribution in [2.45, 2.75) is 38.3 Å². The minimum Gasteiger partial charge on any atom is -0.311 e. The van der Waals surface area contributed by atoms with Crippen molar-refractivity contribution in [1.82, 2.24) is 9.97 Å². The van der Waals surface area contributed by atoms with Gasteiger partial charge in [0.15, 0.2) is 5.16 Å². The van der Waals surface area contributed by atoms with Gasteiger partial charge >= 0.3 is 0 Å². The minimum atomic E-state index is -0.139. The Labute approximate surface area is 180 Å². The average molecular weight is 420 g/mol. The Morgan fingerprint density at radius 3 is 2.73 bits per heavy atom. The minimum absolute atomic E-state index is 0.0402. The van der Waals surface area contributed by atoms with Crippen LogP contribution in [0, 0.1) is 13.8 Å². The summed E-state index contributed by atoms with van der Waals surface area (Å²) in [6.45, 7) is 4.65. The summed E-state index contributed by atoms with van der Waals surface area (Å²) < 4.78 is 0. The van der Waals surface area contributed by atoms with Crippen LogP contribution in [0.5, 0.6) is 0 Å². The van der Waals surface area contributed by atoms with E-state index in [1.165, 1.54) is 22.9 Å². The van der Waals surface area contributed by atoms with Gasteiger partial charge in [-0.25, -0.2) is 4.98 Å². The van der Waals surface area contributed by atoms with Gasteiger partial charge in [0.2, 0.25) is 5.91 Å². The highest BCUT2D eigenvalue weighted by molar-refractivity contribution is 7.99. The number of hydrogen-bond donors (Lipinski definition) is 1. The number of aryl methyl sites for hydroxylation is 3. The number of amides is 1. The zero-order valence-electron chi connectivity index (χ0n) is 17.3. The zero-order chi connectivity index (χ0) is 21.1. The number of aromatic nitrogens is 2. The van der Waals surface area contributed by atoms with Crippen molar-refractivity contribution in [3.05, 3.63) is 86.8 Å². The molecule has 1 aromatic heterocycles. The predicted molar refractivity (Wildman–Crippen MR) is 121 cm³/mol. The van der Waals surface area contributed by atoms with Crippen LogP contribution < -0.4 is 10.5 Å². The molecule has 154 valence electrons. The van der Waals surface area contributed by atoms with Gasteiger partial charge in [0.1, 0.15) is 0 Å². The monoisotopic (exact) mass is 419 g/mol. The molecule has 2 aromatic carbocycles. The molecule has 0 saturated carbocycles. The van der Waals surface area contributed by atoms with Gasteiger partial charge in [0, 0.05) is 29.9 Å². The van der Waals surface area contributed by atoms with Crippen LogP contribution in [0.2, 0.25) is 0 Å². The maximum absolute atomic E-state index is 12.9. The zero-order valence-corrected chi connectivity index (χ0v) is 18.1. The predicted octanol–water partition coefficient (Wildman–Crippen LogP) is 4.05. The molecule has 5 nitrogen and oxygen atoms in total. The van der Waals surface area contributed by atoms with Crippen molar-refractivity contribution < 1.29 is 4.79 Å². The third-order valence-electron chi connectivity index (χ3n) is 5.41. The van der Waals surface area contributed by atoms with Gasteiger partial charge < -0.3 is 9.88 Å². The largest absolute Gasteiger partial charge is 0.311 e. The quantitative estimate of drug-likeness (QED) is 0.501. The second kappa shape index (κ2) is 8.88. The van der Waals surface area contributed by atoms with Crippen LogP contribution in [-0.2, 0) is 17.6 Å². The third kappa shape index (κ3) is 4.49. The Balaban J connectivity index is 1.46. The number of nitrogens with zero attached hydrogens (tertiary/aromatic N) is 2. The van der Waals surface area contributed by atoms with Gasteiger partial charge in [-0.15, -0.1) is 0 Å². The SMILES string of the molecule is Cc1ccc2c(c1)CCCN2C(=O)CSc1nc(C)c(Cc2ccccc2)c(=O)[nH]1. The van der Waals surface area contributed by atoms with E-state index in [4.69, 9.17) is 0 Å². The van der Waals surface area contributed by atoms with Gasteiger partial charge in [-0.2, -0.15) is 0 Å². The summed E-state index contributed by atoms with van der Waals surface area (Å²) in [6.07, 6.45) is 2.52. The maximum Gasteiger partial charge on any atom is 0.255 e. The standard InChI is InChI=1S/C24H25N3O2S/c1-16-10-11-21-19(13-16)9-6-12-27(21)22(28)15-30-24-25-17(2)20(23(29)26-24)14-18-7-4-3-5-8-18/h3-5,7-8,10-11,13H,6,9,12,14-15H2,1-2H3,(H,25,26,29). The first-order valence-corrected chi connectivity index (χ1v) is 11.2. The van der Waals surface area contributed by atoms with Crippen molar-refractivity contribution in [3.8, 4) is 0 Å². The lowest BCUT2D eigenvalue weighted by molar-refractivity contribution is -0.116. The second-order valence-corrected chi connectivity index (χ2v) is 8.63. The molecule has 6 heteroatoms. The number of nitrogens with one attached hydrogen (secondary N) is 1. The summed E-state index contributed by atoms with van der Waals surface area (Å²) in [5.74, 6) is 0.284. The van der Waals surface area contributed by atoms with Gasteiger partial charge in [-0.05, 0) is 43.9 Å².